The van der Waals surface area contributed by atoms with Crippen LogP contribution in [0.1, 0.15) is 19.4 Å². The van der Waals surface area contributed by atoms with Crippen LogP contribution in [-0.2, 0) is 10.3 Å². The van der Waals surface area contributed by atoms with E-state index in [1.54, 1.807) is 0 Å². The summed E-state index contributed by atoms with van der Waals surface area (Å²) in [7, 11) is 0. The van der Waals surface area contributed by atoms with Crippen LogP contribution in [0.25, 0.3) is 11.4 Å². The summed E-state index contributed by atoms with van der Waals surface area (Å²) in [6, 6.07) is 2.37. The Hall–Kier alpha value is -2.38. The monoisotopic (exact) mass is 282 g/mol. The van der Waals surface area contributed by atoms with Gasteiger partial charge in [0.05, 0.1) is 5.56 Å². The van der Waals surface area contributed by atoms with Crippen molar-refractivity contribution in [2.24, 2.45) is 0 Å². The highest BCUT2D eigenvalue weighted by Gasteiger charge is 2.35. The number of benzene rings is 1. The van der Waals surface area contributed by atoms with Gasteiger partial charge in [-0.25, -0.2) is 18.3 Å². The molecular weight excluding hydrogens is 270 g/mol. The maximum atomic E-state index is 14.1. The van der Waals surface area contributed by atoms with Crippen LogP contribution in [0.5, 0.6) is 0 Å². The third-order valence-electron chi connectivity index (χ3n) is 3.03. The van der Waals surface area contributed by atoms with E-state index in [0.29, 0.717) is 0 Å². The Bertz CT molecular complexity index is 682. The van der Waals surface area contributed by atoms with Crippen LogP contribution < -0.4 is 0 Å². The van der Waals surface area contributed by atoms with Crippen molar-refractivity contribution in [2.45, 2.75) is 26.3 Å². The van der Waals surface area contributed by atoms with Gasteiger partial charge in [-0.1, -0.05) is 6.07 Å². The van der Waals surface area contributed by atoms with Gasteiger partial charge in [-0.05, 0) is 42.8 Å². The number of aliphatic carboxylic acids is 1. The number of nitrogens with zero attached hydrogens (tertiary/aromatic N) is 4. The predicted molar refractivity (Wildman–Crippen MR) is 64.9 cm³/mol. The summed E-state index contributed by atoms with van der Waals surface area (Å²) in [5, 5.41) is 19.6. The number of aromatic nitrogens is 4. The van der Waals surface area contributed by atoms with Crippen LogP contribution in [-0.4, -0.2) is 31.3 Å². The molecule has 6 nitrogen and oxygen atoms in total. The second-order valence-corrected chi connectivity index (χ2v) is 4.83. The Balaban J connectivity index is 2.72. The lowest BCUT2D eigenvalue weighted by Crippen LogP contribution is -2.37. The summed E-state index contributed by atoms with van der Waals surface area (Å²) in [6.07, 6.45) is 0. The highest BCUT2D eigenvalue weighted by molar-refractivity contribution is 5.76. The van der Waals surface area contributed by atoms with Crippen molar-refractivity contribution < 1.29 is 18.7 Å². The summed E-state index contributed by atoms with van der Waals surface area (Å²) >= 11 is 0. The van der Waals surface area contributed by atoms with Gasteiger partial charge in [-0.3, -0.25) is 0 Å². The summed E-state index contributed by atoms with van der Waals surface area (Å²) in [5.74, 6) is -3.16. The Morgan fingerprint density at radius 3 is 2.60 bits per heavy atom. The number of rotatable bonds is 3. The largest absolute Gasteiger partial charge is 0.479 e. The van der Waals surface area contributed by atoms with E-state index in [9.17, 15) is 18.7 Å². The molecule has 8 heteroatoms. The molecule has 2 aromatic rings. The molecule has 0 bridgehead atoms. The minimum atomic E-state index is -1.54. The van der Waals surface area contributed by atoms with Crippen molar-refractivity contribution in [3.8, 4) is 11.4 Å². The number of halogens is 2. The first-order valence-electron chi connectivity index (χ1n) is 5.74. The fourth-order valence-corrected chi connectivity index (χ4v) is 1.67. The zero-order valence-corrected chi connectivity index (χ0v) is 11.1. The standard InChI is InChI=1S/C12H12F2N4O2/c1-6-4-5-7(13)8(9(6)14)10-15-16-17-18(10)12(2,3)11(19)20/h4-5H,1-3H3,(H,19,20). The number of tetrazole rings is 1. The van der Waals surface area contributed by atoms with Gasteiger partial charge >= 0.3 is 5.97 Å². The zero-order chi connectivity index (χ0) is 15.1. The maximum Gasteiger partial charge on any atom is 0.331 e. The van der Waals surface area contributed by atoms with Gasteiger partial charge in [-0.2, -0.15) is 0 Å². The van der Waals surface area contributed by atoms with Gasteiger partial charge < -0.3 is 5.11 Å². The Morgan fingerprint density at radius 1 is 1.35 bits per heavy atom. The number of hydrogen-bond donors (Lipinski definition) is 1. The summed E-state index contributed by atoms with van der Waals surface area (Å²) in [5.41, 5.74) is -1.77. The van der Waals surface area contributed by atoms with Crippen LogP contribution in [0.2, 0.25) is 0 Å². The molecule has 1 aromatic heterocycles. The van der Waals surface area contributed by atoms with Crippen LogP contribution in [0.3, 0.4) is 0 Å². The molecule has 0 saturated carbocycles. The van der Waals surface area contributed by atoms with E-state index in [-0.39, 0.29) is 11.4 Å². The van der Waals surface area contributed by atoms with Crippen molar-refractivity contribution in [1.29, 1.82) is 0 Å². The SMILES string of the molecule is Cc1ccc(F)c(-c2nnnn2C(C)(C)C(=O)O)c1F. The normalized spacial score (nSPS) is 11.7. The minimum Gasteiger partial charge on any atom is -0.479 e. The Labute approximate surface area is 113 Å². The highest BCUT2D eigenvalue weighted by Crippen LogP contribution is 2.29. The average Bonchev–Trinajstić information content (AvgIpc) is 2.84. The average molecular weight is 282 g/mol. The summed E-state index contributed by atoms with van der Waals surface area (Å²) < 4.78 is 28.9. The number of carbonyl (C=O) groups is 1. The lowest BCUT2D eigenvalue weighted by molar-refractivity contribution is -0.146. The van der Waals surface area contributed by atoms with Crippen molar-refractivity contribution in [1.82, 2.24) is 20.2 Å². The highest BCUT2D eigenvalue weighted by atomic mass is 19.1. The molecule has 0 saturated heterocycles. The Morgan fingerprint density at radius 2 is 2.00 bits per heavy atom. The number of aryl methyl sites for hydroxylation is 1. The summed E-state index contributed by atoms with van der Waals surface area (Å²) in [4.78, 5) is 11.2. The molecule has 106 valence electrons. The molecule has 20 heavy (non-hydrogen) atoms. The molecule has 0 aliphatic rings. The first-order valence-corrected chi connectivity index (χ1v) is 5.74. The van der Waals surface area contributed by atoms with Gasteiger partial charge in [0.2, 0.25) is 0 Å². The van der Waals surface area contributed by atoms with E-state index >= 15 is 0 Å². The van der Waals surface area contributed by atoms with E-state index in [4.69, 9.17) is 0 Å². The van der Waals surface area contributed by atoms with E-state index in [0.717, 1.165) is 10.7 Å². The first-order chi connectivity index (χ1) is 9.26. The van der Waals surface area contributed by atoms with Gasteiger partial charge in [0.1, 0.15) is 11.6 Å². The second kappa shape index (κ2) is 4.62. The molecule has 1 N–H and O–H groups in total. The number of hydrogen-bond acceptors (Lipinski definition) is 4. The van der Waals surface area contributed by atoms with Crippen molar-refractivity contribution >= 4 is 5.97 Å². The van der Waals surface area contributed by atoms with Crippen LogP contribution in [0, 0.1) is 18.6 Å². The van der Waals surface area contributed by atoms with E-state index in [1.165, 1.54) is 26.8 Å². The first kappa shape index (κ1) is 14.0. The van der Waals surface area contributed by atoms with E-state index in [1.807, 2.05) is 0 Å². The molecule has 1 heterocycles. The maximum absolute atomic E-state index is 14.1. The molecule has 0 aliphatic carbocycles. The molecule has 0 atom stereocenters. The van der Waals surface area contributed by atoms with Crippen LogP contribution >= 0.6 is 0 Å². The third kappa shape index (κ3) is 2.02. The number of carboxylic acid groups (broad SMARTS) is 1. The smallest absolute Gasteiger partial charge is 0.331 e. The predicted octanol–water partition coefficient (Wildman–Crippen LogP) is 1.75. The Kier molecular flexibility index (Phi) is 3.24. The van der Waals surface area contributed by atoms with Gasteiger partial charge in [-0.15, -0.1) is 5.10 Å². The lowest BCUT2D eigenvalue weighted by atomic mass is 10.0. The van der Waals surface area contributed by atoms with E-state index in [2.05, 4.69) is 15.5 Å². The molecule has 0 aliphatic heterocycles. The van der Waals surface area contributed by atoms with Crippen molar-refractivity contribution in [2.75, 3.05) is 0 Å². The molecule has 0 amide bonds. The quantitative estimate of drug-likeness (QED) is 0.927. The van der Waals surface area contributed by atoms with E-state index < -0.39 is 28.7 Å². The van der Waals surface area contributed by atoms with Gasteiger partial charge in [0.15, 0.2) is 11.4 Å². The van der Waals surface area contributed by atoms with Crippen LogP contribution in [0.4, 0.5) is 8.78 Å². The molecular formula is C12H12F2N4O2. The minimum absolute atomic E-state index is 0.212. The molecule has 0 radical (unpaired) electrons. The molecule has 0 unspecified atom stereocenters. The lowest BCUT2D eigenvalue weighted by Gasteiger charge is -2.20. The topological polar surface area (TPSA) is 80.9 Å². The van der Waals surface area contributed by atoms with Crippen LogP contribution in [0.15, 0.2) is 12.1 Å². The summed E-state index contributed by atoms with van der Waals surface area (Å²) in [6.45, 7) is 4.14. The fraction of sp³-hybridized carbons (Fsp3) is 0.333. The number of carboxylic acids is 1. The zero-order valence-electron chi connectivity index (χ0n) is 11.1. The molecule has 0 fully saturated rings. The van der Waals surface area contributed by atoms with Gasteiger partial charge in [0.25, 0.3) is 0 Å². The molecule has 1 aromatic carbocycles. The van der Waals surface area contributed by atoms with Crippen molar-refractivity contribution in [3.05, 3.63) is 29.3 Å². The molecule has 0 spiro atoms. The fourth-order valence-electron chi connectivity index (χ4n) is 1.67. The third-order valence-corrected chi connectivity index (χ3v) is 3.03. The van der Waals surface area contributed by atoms with Crippen molar-refractivity contribution in [3.63, 3.8) is 0 Å². The second-order valence-electron chi connectivity index (χ2n) is 4.83. The molecule has 2 rings (SSSR count). The van der Waals surface area contributed by atoms with Gasteiger partial charge in [0, 0.05) is 0 Å².